The van der Waals surface area contributed by atoms with Crippen LogP contribution >= 0.6 is 0 Å². The number of guanidine groups is 1. The normalized spacial score (nSPS) is 17.6. The van der Waals surface area contributed by atoms with Gasteiger partial charge in [0, 0.05) is 39.3 Å². The molecule has 7 nitrogen and oxygen atoms in total. The summed E-state index contributed by atoms with van der Waals surface area (Å²) < 4.78 is 5.15. The van der Waals surface area contributed by atoms with Gasteiger partial charge in [0.05, 0.1) is 12.5 Å². The Morgan fingerprint density at radius 1 is 1.38 bits per heavy atom. The summed E-state index contributed by atoms with van der Waals surface area (Å²) in [6, 6.07) is 7.47. The van der Waals surface area contributed by atoms with Crippen LogP contribution in [-0.4, -0.2) is 56.5 Å². The smallest absolute Gasteiger partial charge is 0.310 e. The average molecular weight is 360 g/mol. The van der Waals surface area contributed by atoms with Crippen molar-refractivity contribution in [2.45, 2.75) is 26.3 Å². The number of rotatable bonds is 5. The Morgan fingerprint density at radius 2 is 2.19 bits per heavy atom. The fourth-order valence-electron chi connectivity index (χ4n) is 3.10. The van der Waals surface area contributed by atoms with Crippen molar-refractivity contribution in [3.05, 3.63) is 35.4 Å². The summed E-state index contributed by atoms with van der Waals surface area (Å²) in [4.78, 5) is 30.2. The topological polar surface area (TPSA) is 83.0 Å². The van der Waals surface area contributed by atoms with E-state index in [-0.39, 0.29) is 17.8 Å². The van der Waals surface area contributed by atoms with Crippen LogP contribution in [0.25, 0.3) is 0 Å². The second-order valence-corrected chi connectivity index (χ2v) is 6.22. The summed E-state index contributed by atoms with van der Waals surface area (Å²) >= 11 is 0. The first-order chi connectivity index (χ1) is 12.6. The number of nitrogens with one attached hydrogen (secondary N) is 2. The van der Waals surface area contributed by atoms with Crippen molar-refractivity contribution in [1.82, 2.24) is 15.5 Å². The summed E-state index contributed by atoms with van der Waals surface area (Å²) in [5, 5.41) is 5.95. The van der Waals surface area contributed by atoms with Crippen LogP contribution in [-0.2, 0) is 16.1 Å². The van der Waals surface area contributed by atoms with Crippen LogP contribution in [0.15, 0.2) is 29.3 Å². The van der Waals surface area contributed by atoms with E-state index in [2.05, 4.69) is 20.5 Å². The molecule has 1 aromatic carbocycles. The van der Waals surface area contributed by atoms with Crippen LogP contribution in [0.3, 0.4) is 0 Å². The van der Waals surface area contributed by atoms with Crippen molar-refractivity contribution in [3.8, 4) is 0 Å². The maximum absolute atomic E-state index is 12.0. The van der Waals surface area contributed by atoms with Crippen LogP contribution in [0, 0.1) is 5.92 Å². The van der Waals surface area contributed by atoms with Crippen LogP contribution in [0.4, 0.5) is 0 Å². The van der Waals surface area contributed by atoms with Gasteiger partial charge >= 0.3 is 5.97 Å². The highest BCUT2D eigenvalue weighted by atomic mass is 16.5. The number of aliphatic imine (C=N–C) groups is 1. The van der Waals surface area contributed by atoms with E-state index in [4.69, 9.17) is 4.74 Å². The number of carbonyl (C=O) groups is 2. The Bertz CT molecular complexity index is 660. The van der Waals surface area contributed by atoms with Gasteiger partial charge in [0.2, 0.25) is 0 Å². The molecule has 1 unspecified atom stereocenters. The van der Waals surface area contributed by atoms with Gasteiger partial charge in [-0.05, 0) is 37.5 Å². The van der Waals surface area contributed by atoms with Crippen molar-refractivity contribution < 1.29 is 14.3 Å². The third-order valence-corrected chi connectivity index (χ3v) is 4.42. The number of amides is 1. The molecule has 0 bridgehead atoms. The molecule has 1 heterocycles. The van der Waals surface area contributed by atoms with Gasteiger partial charge in [-0.15, -0.1) is 0 Å². The molecule has 1 atom stereocenters. The lowest BCUT2D eigenvalue weighted by atomic mass is 9.98. The second kappa shape index (κ2) is 9.79. The largest absolute Gasteiger partial charge is 0.466 e. The minimum absolute atomic E-state index is 0.107. The van der Waals surface area contributed by atoms with Gasteiger partial charge in [0.25, 0.3) is 5.91 Å². The fraction of sp³-hybridized carbons (Fsp3) is 0.526. The van der Waals surface area contributed by atoms with Gasteiger partial charge in [-0.3, -0.25) is 14.6 Å². The number of hydrogen-bond donors (Lipinski definition) is 2. The van der Waals surface area contributed by atoms with Crippen LogP contribution in [0.2, 0.25) is 0 Å². The molecular formula is C19H28N4O3. The summed E-state index contributed by atoms with van der Waals surface area (Å²) in [5.41, 5.74) is 1.62. The lowest BCUT2D eigenvalue weighted by Gasteiger charge is -2.34. The zero-order chi connectivity index (χ0) is 18.9. The third-order valence-electron chi connectivity index (χ3n) is 4.42. The first-order valence-electron chi connectivity index (χ1n) is 9.02. The molecule has 1 amide bonds. The summed E-state index contributed by atoms with van der Waals surface area (Å²) in [6.45, 7) is 4.25. The Kier molecular flexibility index (Phi) is 7.44. The van der Waals surface area contributed by atoms with Crippen molar-refractivity contribution in [2.24, 2.45) is 10.9 Å². The highest BCUT2D eigenvalue weighted by Gasteiger charge is 2.28. The molecule has 0 radical (unpaired) electrons. The SMILES string of the molecule is CCOC(=O)C1CCCN(C(=NC)NCc2cccc(C(=O)NC)c2)C1. The molecule has 1 fully saturated rings. The minimum atomic E-state index is -0.133. The molecule has 26 heavy (non-hydrogen) atoms. The lowest BCUT2D eigenvalue weighted by molar-refractivity contribution is -0.149. The van der Waals surface area contributed by atoms with E-state index in [9.17, 15) is 9.59 Å². The van der Waals surface area contributed by atoms with Gasteiger partial charge in [0.1, 0.15) is 0 Å². The number of piperidine rings is 1. The van der Waals surface area contributed by atoms with E-state index in [1.807, 2.05) is 25.1 Å². The maximum atomic E-state index is 12.0. The average Bonchev–Trinajstić information content (AvgIpc) is 2.68. The molecule has 1 aliphatic rings. The summed E-state index contributed by atoms with van der Waals surface area (Å²) in [5.74, 6) is 0.402. The van der Waals surface area contributed by atoms with E-state index in [0.717, 1.165) is 30.9 Å². The lowest BCUT2D eigenvalue weighted by Crippen LogP contribution is -2.48. The number of esters is 1. The first kappa shape index (κ1) is 19.8. The maximum Gasteiger partial charge on any atom is 0.310 e. The van der Waals surface area contributed by atoms with Crippen LogP contribution in [0.5, 0.6) is 0 Å². The van der Waals surface area contributed by atoms with E-state index in [1.165, 1.54) is 0 Å². The molecule has 0 spiro atoms. The van der Waals surface area contributed by atoms with Gasteiger partial charge in [-0.1, -0.05) is 12.1 Å². The standard InChI is InChI=1S/C19H28N4O3/c1-4-26-18(25)16-9-6-10-23(13-16)19(21-3)22-12-14-7-5-8-15(11-14)17(24)20-2/h5,7-8,11,16H,4,6,9-10,12-13H2,1-3H3,(H,20,24)(H,21,22). The molecule has 1 saturated heterocycles. The van der Waals surface area contributed by atoms with Crippen molar-refractivity contribution in [2.75, 3.05) is 33.8 Å². The second-order valence-electron chi connectivity index (χ2n) is 6.22. The summed E-state index contributed by atoms with van der Waals surface area (Å²) in [7, 11) is 3.35. The van der Waals surface area contributed by atoms with Crippen molar-refractivity contribution in [1.29, 1.82) is 0 Å². The number of hydrogen-bond acceptors (Lipinski definition) is 4. The molecule has 0 saturated carbocycles. The van der Waals surface area contributed by atoms with Crippen molar-refractivity contribution >= 4 is 17.8 Å². The summed E-state index contributed by atoms with van der Waals surface area (Å²) in [6.07, 6.45) is 1.77. The Morgan fingerprint density at radius 3 is 2.88 bits per heavy atom. The number of likely N-dealkylation sites (tertiary alicyclic amines) is 1. The molecule has 1 aliphatic heterocycles. The van der Waals surface area contributed by atoms with Gasteiger partial charge in [-0.25, -0.2) is 0 Å². The molecule has 0 aliphatic carbocycles. The fourth-order valence-corrected chi connectivity index (χ4v) is 3.10. The van der Waals surface area contributed by atoms with E-state index in [0.29, 0.717) is 25.3 Å². The van der Waals surface area contributed by atoms with Gasteiger partial charge < -0.3 is 20.3 Å². The minimum Gasteiger partial charge on any atom is -0.466 e. The van der Waals surface area contributed by atoms with E-state index >= 15 is 0 Å². The van der Waals surface area contributed by atoms with Gasteiger partial charge in [0.15, 0.2) is 5.96 Å². The molecule has 142 valence electrons. The third kappa shape index (κ3) is 5.21. The number of carbonyl (C=O) groups excluding carboxylic acids is 2. The molecule has 1 aromatic rings. The van der Waals surface area contributed by atoms with E-state index < -0.39 is 0 Å². The first-order valence-corrected chi connectivity index (χ1v) is 9.02. The van der Waals surface area contributed by atoms with Crippen LogP contribution < -0.4 is 10.6 Å². The van der Waals surface area contributed by atoms with Crippen molar-refractivity contribution in [3.63, 3.8) is 0 Å². The number of benzene rings is 1. The predicted molar refractivity (Wildman–Crippen MR) is 101 cm³/mol. The van der Waals surface area contributed by atoms with Gasteiger partial charge in [-0.2, -0.15) is 0 Å². The zero-order valence-corrected chi connectivity index (χ0v) is 15.7. The molecule has 2 rings (SSSR count). The quantitative estimate of drug-likeness (QED) is 0.471. The molecular weight excluding hydrogens is 332 g/mol. The number of nitrogens with zero attached hydrogens (tertiary/aromatic N) is 2. The highest BCUT2D eigenvalue weighted by molar-refractivity contribution is 5.94. The Hall–Kier alpha value is -2.57. The number of ether oxygens (including phenoxy) is 1. The highest BCUT2D eigenvalue weighted by Crippen LogP contribution is 2.18. The molecule has 2 N–H and O–H groups in total. The van der Waals surface area contributed by atoms with E-state index in [1.54, 1.807) is 20.2 Å². The predicted octanol–water partition coefficient (Wildman–Crippen LogP) is 1.40. The monoisotopic (exact) mass is 360 g/mol. The van der Waals surface area contributed by atoms with Crippen LogP contribution in [0.1, 0.15) is 35.7 Å². The Balaban J connectivity index is 1.97. The molecule has 7 heteroatoms. The zero-order valence-electron chi connectivity index (χ0n) is 15.7. The Labute approximate surface area is 154 Å². The molecule has 0 aromatic heterocycles.